The number of benzene rings is 3. The van der Waals surface area contributed by atoms with Gasteiger partial charge in [-0.1, -0.05) is 24.3 Å². The predicted octanol–water partition coefficient (Wildman–Crippen LogP) is 4.42. The highest BCUT2D eigenvalue weighted by Crippen LogP contribution is 2.38. The Morgan fingerprint density at radius 2 is 1.60 bits per heavy atom. The van der Waals surface area contributed by atoms with E-state index in [1.807, 2.05) is 23.1 Å². The van der Waals surface area contributed by atoms with Crippen LogP contribution in [0.25, 0.3) is 0 Å². The first-order valence-electron chi connectivity index (χ1n) is 11.7. The minimum atomic E-state index is -3.60. The molecule has 0 N–H and O–H groups in total. The van der Waals surface area contributed by atoms with Gasteiger partial charge in [0.25, 0.3) is 5.91 Å². The summed E-state index contributed by atoms with van der Waals surface area (Å²) in [6.07, 6.45) is 2.63. The molecule has 5 rings (SSSR count). The van der Waals surface area contributed by atoms with Crippen LogP contribution < -0.4 is 14.2 Å². The second-order valence-electron chi connectivity index (χ2n) is 8.58. The number of nitrogens with zero attached hydrogens (tertiary/aromatic N) is 1. The number of carbonyl (C=O) groups is 1. The molecule has 0 saturated carbocycles. The number of carbonyl (C=O) groups excluding carboxylic acids is 1. The van der Waals surface area contributed by atoms with Crippen LogP contribution in [0.3, 0.4) is 0 Å². The lowest BCUT2D eigenvalue weighted by atomic mass is 10.0. The molecule has 0 aromatic heterocycles. The molecule has 0 radical (unpaired) electrons. The molecule has 0 spiro atoms. The summed E-state index contributed by atoms with van der Waals surface area (Å²) in [6.45, 7) is 1.79. The number of hydrogen-bond acceptors (Lipinski definition) is 6. The van der Waals surface area contributed by atoms with Crippen molar-refractivity contribution >= 4 is 15.7 Å². The lowest BCUT2D eigenvalue weighted by Crippen LogP contribution is -2.34. The van der Waals surface area contributed by atoms with Crippen molar-refractivity contribution in [2.75, 3.05) is 26.4 Å². The first-order valence-corrected chi connectivity index (χ1v) is 13.2. The highest BCUT2D eigenvalue weighted by Gasteiger charge is 2.31. The lowest BCUT2D eigenvalue weighted by Gasteiger charge is -2.25. The Morgan fingerprint density at radius 3 is 2.37 bits per heavy atom. The number of amides is 1. The van der Waals surface area contributed by atoms with Crippen molar-refractivity contribution in [2.24, 2.45) is 0 Å². The van der Waals surface area contributed by atoms with E-state index in [9.17, 15) is 13.2 Å². The maximum absolute atomic E-state index is 13.0. The van der Waals surface area contributed by atoms with Crippen LogP contribution in [-0.2, 0) is 14.6 Å². The number of sulfone groups is 1. The maximum Gasteiger partial charge on any atom is 0.261 e. The molecular formula is C27H27NO6S. The van der Waals surface area contributed by atoms with Crippen LogP contribution in [0.4, 0.5) is 0 Å². The Bertz CT molecular complexity index is 1290. The number of fused-ring (bicyclic) bond motifs is 1. The fourth-order valence-electron chi connectivity index (χ4n) is 4.48. The number of rotatable bonds is 6. The molecule has 0 aliphatic carbocycles. The van der Waals surface area contributed by atoms with Gasteiger partial charge in [0.2, 0.25) is 9.84 Å². The third-order valence-electron chi connectivity index (χ3n) is 6.28. The minimum Gasteiger partial charge on any atom is -0.490 e. The van der Waals surface area contributed by atoms with Crippen molar-refractivity contribution in [3.8, 4) is 17.2 Å². The van der Waals surface area contributed by atoms with Crippen molar-refractivity contribution in [1.82, 2.24) is 4.90 Å². The topological polar surface area (TPSA) is 82.1 Å². The van der Waals surface area contributed by atoms with Crippen LogP contribution in [0.5, 0.6) is 17.2 Å². The molecule has 1 amide bonds. The van der Waals surface area contributed by atoms with E-state index in [0.29, 0.717) is 25.5 Å². The molecule has 1 unspecified atom stereocenters. The Labute approximate surface area is 205 Å². The molecule has 7 nitrogen and oxygen atoms in total. The zero-order valence-electron chi connectivity index (χ0n) is 19.3. The van der Waals surface area contributed by atoms with E-state index in [2.05, 4.69) is 0 Å². The smallest absolute Gasteiger partial charge is 0.261 e. The second kappa shape index (κ2) is 10.00. The zero-order chi connectivity index (χ0) is 24.3. The molecule has 35 heavy (non-hydrogen) atoms. The Morgan fingerprint density at radius 1 is 0.886 bits per heavy atom. The molecule has 1 atom stereocenters. The van der Waals surface area contributed by atoms with E-state index < -0.39 is 9.84 Å². The van der Waals surface area contributed by atoms with Gasteiger partial charge in [-0.25, -0.2) is 8.42 Å². The Hall–Kier alpha value is -3.52. The molecule has 0 bridgehead atoms. The first kappa shape index (κ1) is 23.2. The van der Waals surface area contributed by atoms with Gasteiger partial charge in [-0.15, -0.1) is 0 Å². The first-order chi connectivity index (χ1) is 17.0. The zero-order valence-corrected chi connectivity index (χ0v) is 20.1. The van der Waals surface area contributed by atoms with Crippen molar-refractivity contribution in [3.05, 3.63) is 78.4 Å². The van der Waals surface area contributed by atoms with E-state index in [1.165, 1.54) is 12.1 Å². The molecular weight excluding hydrogens is 466 g/mol. The van der Waals surface area contributed by atoms with E-state index in [1.54, 1.807) is 42.5 Å². The number of hydrogen-bond donors (Lipinski definition) is 0. The number of likely N-dealkylation sites (tertiary alicyclic amines) is 1. The van der Waals surface area contributed by atoms with Crippen LogP contribution >= 0.6 is 0 Å². The van der Waals surface area contributed by atoms with Gasteiger partial charge in [0.05, 0.1) is 29.0 Å². The molecule has 3 aromatic rings. The van der Waals surface area contributed by atoms with Gasteiger partial charge < -0.3 is 19.1 Å². The van der Waals surface area contributed by atoms with E-state index in [-0.39, 0.29) is 28.3 Å². The summed E-state index contributed by atoms with van der Waals surface area (Å²) in [4.78, 5) is 15.3. The van der Waals surface area contributed by atoms with Gasteiger partial charge in [0, 0.05) is 13.0 Å². The predicted molar refractivity (Wildman–Crippen MR) is 130 cm³/mol. The Balaban J connectivity index is 1.23. The molecule has 2 aliphatic heterocycles. The van der Waals surface area contributed by atoms with Gasteiger partial charge in [-0.3, -0.25) is 4.79 Å². The van der Waals surface area contributed by atoms with Crippen LogP contribution in [-0.4, -0.2) is 45.6 Å². The van der Waals surface area contributed by atoms with Crippen LogP contribution in [0.2, 0.25) is 0 Å². The van der Waals surface area contributed by atoms with Gasteiger partial charge in [-0.05, 0) is 66.9 Å². The van der Waals surface area contributed by atoms with Crippen molar-refractivity contribution in [1.29, 1.82) is 0 Å². The second-order valence-corrected chi connectivity index (χ2v) is 10.5. The van der Waals surface area contributed by atoms with Crippen LogP contribution in [0.15, 0.2) is 82.6 Å². The summed E-state index contributed by atoms with van der Waals surface area (Å²) in [5, 5.41) is 0. The van der Waals surface area contributed by atoms with Gasteiger partial charge >= 0.3 is 0 Å². The fourth-order valence-corrected chi connectivity index (χ4v) is 5.76. The lowest BCUT2D eigenvalue weighted by molar-refractivity contribution is -0.134. The van der Waals surface area contributed by atoms with E-state index in [0.717, 1.165) is 36.3 Å². The summed E-state index contributed by atoms with van der Waals surface area (Å²) < 4.78 is 42.7. The van der Waals surface area contributed by atoms with Gasteiger partial charge in [0.1, 0.15) is 5.75 Å². The quantitative estimate of drug-likeness (QED) is 0.506. The SMILES string of the molecule is O=C(COc1ccc(S(=O)(=O)c2ccccc2)cc1)N1CCCC1c1ccc2c(c1)OCCCO2. The van der Waals surface area contributed by atoms with Crippen LogP contribution in [0, 0.1) is 0 Å². The summed E-state index contributed by atoms with van der Waals surface area (Å²) in [7, 11) is -3.60. The van der Waals surface area contributed by atoms with Gasteiger partial charge in [-0.2, -0.15) is 0 Å². The van der Waals surface area contributed by atoms with Crippen molar-refractivity contribution < 1.29 is 27.4 Å². The monoisotopic (exact) mass is 493 g/mol. The van der Waals surface area contributed by atoms with Crippen LogP contribution in [0.1, 0.15) is 30.9 Å². The largest absolute Gasteiger partial charge is 0.490 e. The van der Waals surface area contributed by atoms with E-state index in [4.69, 9.17) is 14.2 Å². The molecule has 8 heteroatoms. The molecule has 2 heterocycles. The highest BCUT2D eigenvalue weighted by atomic mass is 32.2. The number of ether oxygens (including phenoxy) is 3. The third-order valence-corrected chi connectivity index (χ3v) is 8.06. The molecule has 2 aliphatic rings. The summed E-state index contributed by atoms with van der Waals surface area (Å²) in [5.41, 5.74) is 1.02. The van der Waals surface area contributed by atoms with Crippen molar-refractivity contribution in [3.63, 3.8) is 0 Å². The van der Waals surface area contributed by atoms with E-state index >= 15 is 0 Å². The van der Waals surface area contributed by atoms with Crippen molar-refractivity contribution in [2.45, 2.75) is 35.1 Å². The molecule has 182 valence electrons. The normalized spacial score (nSPS) is 17.6. The minimum absolute atomic E-state index is 0.0401. The third kappa shape index (κ3) is 4.98. The standard InChI is InChI=1S/C27H27NO6S/c29-27(19-34-21-10-12-23(13-11-21)35(30,31)22-6-2-1-3-7-22)28-15-4-8-24(28)20-9-14-25-26(18-20)33-17-5-16-32-25/h1-3,6-7,9-14,18,24H,4-5,8,15-17,19H2. The average molecular weight is 494 g/mol. The molecule has 1 fully saturated rings. The van der Waals surface area contributed by atoms with Gasteiger partial charge in [0.15, 0.2) is 18.1 Å². The summed E-state index contributed by atoms with van der Waals surface area (Å²) in [5.74, 6) is 1.79. The fraction of sp³-hybridized carbons (Fsp3) is 0.296. The average Bonchev–Trinajstić information content (AvgIpc) is 3.27. The molecule has 1 saturated heterocycles. The highest BCUT2D eigenvalue weighted by molar-refractivity contribution is 7.91. The Kier molecular flexibility index (Phi) is 6.63. The summed E-state index contributed by atoms with van der Waals surface area (Å²) in [6, 6.07) is 20.3. The molecule has 3 aromatic carbocycles. The maximum atomic E-state index is 13.0. The summed E-state index contributed by atoms with van der Waals surface area (Å²) >= 11 is 0.